The van der Waals surface area contributed by atoms with Crippen LogP contribution in [0.5, 0.6) is 0 Å². The van der Waals surface area contributed by atoms with Crippen molar-refractivity contribution in [3.63, 3.8) is 0 Å². The molecule has 0 atom stereocenters. The maximum Gasteiger partial charge on any atom is 0.293 e. The molecule has 3 N–H and O–H groups in total. The zero-order valence-corrected chi connectivity index (χ0v) is 7.51. The molecule has 0 bridgehead atoms. The molecule has 0 fully saturated rings. The van der Waals surface area contributed by atoms with E-state index in [2.05, 4.69) is 5.92 Å². The molecule has 0 amide bonds. The highest BCUT2D eigenvalue weighted by Gasteiger charge is 1.98. The number of hydrogen-bond acceptors (Lipinski definition) is 3. The van der Waals surface area contributed by atoms with Crippen molar-refractivity contribution >= 4 is 10.0 Å². The molecule has 1 aromatic carbocycles. The minimum atomic E-state index is -3.65. The van der Waals surface area contributed by atoms with Gasteiger partial charge in [-0.25, -0.2) is 0 Å². The first-order valence-electron chi connectivity index (χ1n) is 3.44. The van der Waals surface area contributed by atoms with Gasteiger partial charge >= 0.3 is 0 Å². The summed E-state index contributed by atoms with van der Waals surface area (Å²) in [5.41, 5.74) is 0.626. The molecule has 4 nitrogen and oxygen atoms in total. The van der Waals surface area contributed by atoms with Crippen molar-refractivity contribution in [1.29, 1.82) is 0 Å². The minimum Gasteiger partial charge on any atom is -0.257 e. The van der Waals surface area contributed by atoms with E-state index in [0.29, 0.717) is 5.56 Å². The molecule has 0 heterocycles. The van der Waals surface area contributed by atoms with E-state index in [1.807, 2.05) is 11.3 Å². The molecule has 68 valence electrons. The maximum atomic E-state index is 10.8. The van der Waals surface area contributed by atoms with Crippen LogP contribution in [-0.4, -0.2) is 8.42 Å². The van der Waals surface area contributed by atoms with E-state index in [9.17, 15) is 8.42 Å². The third kappa shape index (κ3) is 3.25. The van der Waals surface area contributed by atoms with Crippen molar-refractivity contribution < 1.29 is 8.42 Å². The topological polar surface area (TPSA) is 72.2 Å². The first-order chi connectivity index (χ1) is 6.14. The van der Waals surface area contributed by atoms with Crippen LogP contribution in [0, 0.1) is 11.2 Å². The Labute approximate surface area is 76.8 Å². The van der Waals surface area contributed by atoms with Crippen molar-refractivity contribution in [3.8, 4) is 11.2 Å². The molecule has 5 heteroatoms. The summed E-state index contributed by atoms with van der Waals surface area (Å²) in [6.45, 7) is 0. The van der Waals surface area contributed by atoms with Gasteiger partial charge < -0.3 is 0 Å². The molecular weight excluding hydrogens is 188 g/mol. The molecular formula is C8H8N2O2S. The fourth-order valence-corrected chi connectivity index (χ4v) is 0.988. The van der Waals surface area contributed by atoms with Crippen LogP contribution >= 0.6 is 0 Å². The standard InChI is InChI=1S/C8H8N2O2S/c9-10-13(11,12)7-6-8-4-2-1-3-5-8/h1-5,10H,9H2. The second-order valence-corrected chi connectivity index (χ2v) is 3.66. The first-order valence-corrected chi connectivity index (χ1v) is 4.92. The lowest BCUT2D eigenvalue weighted by Crippen LogP contribution is -2.28. The van der Waals surface area contributed by atoms with Gasteiger partial charge in [0, 0.05) is 5.56 Å². The van der Waals surface area contributed by atoms with E-state index in [1.54, 1.807) is 29.1 Å². The summed E-state index contributed by atoms with van der Waals surface area (Å²) >= 11 is 0. The molecule has 0 spiro atoms. The Bertz CT molecular complexity index is 428. The van der Waals surface area contributed by atoms with Gasteiger partial charge in [-0.3, -0.25) is 5.84 Å². The maximum absolute atomic E-state index is 10.8. The van der Waals surface area contributed by atoms with Crippen LogP contribution < -0.4 is 10.7 Å². The Morgan fingerprint density at radius 3 is 2.38 bits per heavy atom. The van der Waals surface area contributed by atoms with Crippen LogP contribution in [0.25, 0.3) is 0 Å². The molecule has 1 aromatic rings. The van der Waals surface area contributed by atoms with Gasteiger partial charge in [0.15, 0.2) is 0 Å². The molecule has 13 heavy (non-hydrogen) atoms. The third-order valence-electron chi connectivity index (χ3n) is 1.26. The molecule has 0 aliphatic rings. The van der Waals surface area contributed by atoms with Crippen molar-refractivity contribution in [2.24, 2.45) is 5.84 Å². The smallest absolute Gasteiger partial charge is 0.257 e. The van der Waals surface area contributed by atoms with Gasteiger partial charge in [0.2, 0.25) is 0 Å². The van der Waals surface area contributed by atoms with Gasteiger partial charge in [-0.05, 0) is 18.1 Å². The summed E-state index contributed by atoms with van der Waals surface area (Å²) in [6.07, 6.45) is 0. The highest BCUT2D eigenvalue weighted by atomic mass is 32.2. The minimum absolute atomic E-state index is 0.626. The molecule has 0 aliphatic heterocycles. The van der Waals surface area contributed by atoms with Gasteiger partial charge in [-0.2, -0.15) is 8.42 Å². The normalized spacial score (nSPS) is 10.2. The number of rotatable bonds is 1. The van der Waals surface area contributed by atoms with Crippen molar-refractivity contribution in [2.75, 3.05) is 0 Å². The lowest BCUT2D eigenvalue weighted by atomic mass is 10.2. The summed E-state index contributed by atoms with van der Waals surface area (Å²) in [6, 6.07) is 8.78. The highest BCUT2D eigenvalue weighted by molar-refractivity contribution is 7.94. The van der Waals surface area contributed by atoms with E-state index in [-0.39, 0.29) is 0 Å². The number of nitrogens with two attached hydrogens (primary N) is 1. The number of hydrogen-bond donors (Lipinski definition) is 2. The lowest BCUT2D eigenvalue weighted by Gasteiger charge is -1.89. The number of sulfonamides is 1. The van der Waals surface area contributed by atoms with Crippen LogP contribution in [0.15, 0.2) is 30.3 Å². The molecule has 1 rings (SSSR count). The van der Waals surface area contributed by atoms with E-state index >= 15 is 0 Å². The van der Waals surface area contributed by atoms with Gasteiger partial charge in [0.05, 0.1) is 5.25 Å². The summed E-state index contributed by atoms with van der Waals surface area (Å²) in [5.74, 6) is 7.19. The largest absolute Gasteiger partial charge is 0.293 e. The SMILES string of the molecule is NNS(=O)(=O)C#Cc1ccccc1. The second kappa shape index (κ2) is 4.05. The van der Waals surface area contributed by atoms with Crippen molar-refractivity contribution in [1.82, 2.24) is 4.83 Å². The van der Waals surface area contributed by atoms with E-state index in [1.165, 1.54) is 0 Å². The Kier molecular flexibility index (Phi) is 3.03. The predicted molar refractivity (Wildman–Crippen MR) is 49.6 cm³/mol. The van der Waals surface area contributed by atoms with E-state index < -0.39 is 10.0 Å². The summed E-state index contributed by atoms with van der Waals surface area (Å²) < 4.78 is 21.5. The van der Waals surface area contributed by atoms with Crippen LogP contribution in [0.2, 0.25) is 0 Å². The number of benzene rings is 1. The Balaban J connectivity index is 2.92. The van der Waals surface area contributed by atoms with E-state index in [4.69, 9.17) is 5.84 Å². The molecule has 0 unspecified atom stereocenters. The second-order valence-electron chi connectivity index (χ2n) is 2.21. The molecule has 0 aliphatic carbocycles. The molecule has 0 saturated carbocycles. The zero-order valence-electron chi connectivity index (χ0n) is 6.69. The quantitative estimate of drug-likeness (QED) is 0.371. The summed E-state index contributed by atoms with van der Waals surface area (Å²) in [4.78, 5) is 1.61. The van der Waals surface area contributed by atoms with Crippen LogP contribution in [0.3, 0.4) is 0 Å². The van der Waals surface area contributed by atoms with Gasteiger partial charge in [0.1, 0.15) is 0 Å². The van der Waals surface area contributed by atoms with Crippen molar-refractivity contribution in [3.05, 3.63) is 35.9 Å². The van der Waals surface area contributed by atoms with E-state index in [0.717, 1.165) is 0 Å². The lowest BCUT2D eigenvalue weighted by molar-refractivity contribution is 0.595. The third-order valence-corrected chi connectivity index (χ3v) is 1.94. The first kappa shape index (κ1) is 9.74. The Hall–Kier alpha value is -1.35. The summed E-state index contributed by atoms with van der Waals surface area (Å²) in [5, 5.41) is 2.01. The van der Waals surface area contributed by atoms with Gasteiger partial charge in [0.25, 0.3) is 10.0 Å². The number of hydrazine groups is 1. The number of nitrogens with one attached hydrogen (secondary N) is 1. The zero-order chi connectivity index (χ0) is 9.73. The van der Waals surface area contributed by atoms with Gasteiger partial charge in [-0.15, -0.1) is 4.83 Å². The average Bonchev–Trinajstić information content (AvgIpc) is 2.17. The fraction of sp³-hybridized carbons (Fsp3) is 0. The fourth-order valence-electron chi connectivity index (χ4n) is 0.677. The van der Waals surface area contributed by atoms with Crippen LogP contribution in [0.1, 0.15) is 5.56 Å². The van der Waals surface area contributed by atoms with Gasteiger partial charge in [-0.1, -0.05) is 18.2 Å². The summed E-state index contributed by atoms with van der Waals surface area (Å²) in [7, 11) is -3.65. The van der Waals surface area contributed by atoms with Crippen molar-refractivity contribution in [2.45, 2.75) is 0 Å². The Morgan fingerprint density at radius 1 is 1.23 bits per heavy atom. The molecule has 0 saturated heterocycles. The molecule has 0 aromatic heterocycles. The highest BCUT2D eigenvalue weighted by Crippen LogP contribution is 1.94. The Morgan fingerprint density at radius 2 is 1.85 bits per heavy atom. The van der Waals surface area contributed by atoms with Crippen LogP contribution in [-0.2, 0) is 10.0 Å². The van der Waals surface area contributed by atoms with Crippen LogP contribution in [0.4, 0.5) is 0 Å². The monoisotopic (exact) mass is 196 g/mol. The predicted octanol–water partition coefficient (Wildman–Crippen LogP) is -0.211. The average molecular weight is 196 g/mol. The molecule has 0 radical (unpaired) electrons.